The number of carbonyl (C=O) groups excluding carboxylic acids is 2. The summed E-state index contributed by atoms with van der Waals surface area (Å²) in [5.41, 5.74) is -0.898. The van der Waals surface area contributed by atoms with Crippen molar-refractivity contribution in [1.82, 2.24) is 15.1 Å². The summed E-state index contributed by atoms with van der Waals surface area (Å²) in [5, 5.41) is 2.46. The summed E-state index contributed by atoms with van der Waals surface area (Å²) in [6, 6.07) is 3.69. The van der Waals surface area contributed by atoms with Crippen molar-refractivity contribution in [2.75, 3.05) is 13.6 Å². The van der Waals surface area contributed by atoms with Crippen molar-refractivity contribution >= 4 is 24.1 Å². The monoisotopic (exact) mass is 358 g/mol. The molecule has 0 aromatic heterocycles. The third-order valence-electron chi connectivity index (χ3n) is 3.46. The second kappa shape index (κ2) is 8.50. The highest BCUT2D eigenvalue weighted by Crippen LogP contribution is 2.31. The summed E-state index contributed by atoms with van der Waals surface area (Å²) in [5.74, 6) is -0.144. The molecule has 0 fully saturated rings. The van der Waals surface area contributed by atoms with Crippen molar-refractivity contribution in [3.8, 4) is 0 Å². The molecule has 0 aliphatic rings. The largest absolute Gasteiger partial charge is 0.416 e. The van der Waals surface area contributed by atoms with Crippen LogP contribution in [0.4, 0.5) is 23.7 Å². The number of amides is 3. The molecule has 3 amide bonds. The summed E-state index contributed by atoms with van der Waals surface area (Å²) in [6.45, 7) is 5.42. The lowest BCUT2D eigenvalue weighted by molar-refractivity contribution is -0.137. The quantitative estimate of drug-likeness (QED) is 0.510. The lowest BCUT2D eigenvalue weighted by Crippen LogP contribution is -2.49. The van der Waals surface area contributed by atoms with Crippen LogP contribution in [0.5, 0.6) is 0 Å². The Bertz CT molecular complexity index is 645. The number of benzene rings is 1. The zero-order valence-corrected chi connectivity index (χ0v) is 14.5. The number of nitrogens with zero attached hydrogens (tertiary/aromatic N) is 3. The van der Waals surface area contributed by atoms with Gasteiger partial charge in [0.1, 0.15) is 0 Å². The Morgan fingerprint density at radius 3 is 2.48 bits per heavy atom. The van der Waals surface area contributed by atoms with Gasteiger partial charge in [0.15, 0.2) is 0 Å². The molecule has 0 bridgehead atoms. The second-order valence-electron chi connectivity index (χ2n) is 5.51. The average molecular weight is 358 g/mol. The van der Waals surface area contributed by atoms with Crippen LogP contribution in [0.25, 0.3) is 0 Å². The standard InChI is InChI=1S/C16H21F3N4O2/c1-5-23(10-24)14(21-15(25)22(4)11(2)3)20-13-8-6-7-12(9-13)16(17,18)19/h6-11H,5H2,1-4H3,(H,20,21,25). The molecule has 25 heavy (non-hydrogen) atoms. The van der Waals surface area contributed by atoms with Gasteiger partial charge in [0.25, 0.3) is 0 Å². The van der Waals surface area contributed by atoms with E-state index in [-0.39, 0.29) is 24.2 Å². The lowest BCUT2D eigenvalue weighted by atomic mass is 10.2. The van der Waals surface area contributed by atoms with Gasteiger partial charge in [-0.25, -0.2) is 9.79 Å². The summed E-state index contributed by atoms with van der Waals surface area (Å²) in [4.78, 5) is 29.8. The first kappa shape index (κ1) is 20.5. The highest BCUT2D eigenvalue weighted by Gasteiger charge is 2.30. The van der Waals surface area contributed by atoms with E-state index in [1.807, 2.05) is 0 Å². The van der Waals surface area contributed by atoms with E-state index < -0.39 is 17.8 Å². The highest BCUT2D eigenvalue weighted by molar-refractivity contribution is 6.01. The number of alkyl halides is 3. The molecule has 0 heterocycles. The predicted octanol–water partition coefficient (Wildman–Crippen LogP) is 3.22. The first-order valence-corrected chi connectivity index (χ1v) is 7.61. The van der Waals surface area contributed by atoms with E-state index in [9.17, 15) is 22.8 Å². The summed E-state index contributed by atoms with van der Waals surface area (Å²) >= 11 is 0. The van der Waals surface area contributed by atoms with Gasteiger partial charge in [-0.1, -0.05) is 6.07 Å². The van der Waals surface area contributed by atoms with E-state index in [1.54, 1.807) is 27.8 Å². The van der Waals surface area contributed by atoms with Crippen LogP contribution in [0.1, 0.15) is 26.3 Å². The molecular formula is C16H21F3N4O2. The molecule has 9 heteroatoms. The van der Waals surface area contributed by atoms with Crippen LogP contribution in [0.15, 0.2) is 29.3 Å². The van der Waals surface area contributed by atoms with Crippen LogP contribution in [0, 0.1) is 0 Å². The van der Waals surface area contributed by atoms with E-state index in [1.165, 1.54) is 17.0 Å². The molecule has 0 radical (unpaired) electrons. The van der Waals surface area contributed by atoms with Gasteiger partial charge in [-0.3, -0.25) is 15.0 Å². The maximum absolute atomic E-state index is 12.8. The number of guanidine groups is 1. The molecule has 0 atom stereocenters. The molecule has 138 valence electrons. The molecule has 1 aromatic carbocycles. The van der Waals surface area contributed by atoms with Crippen molar-refractivity contribution in [3.63, 3.8) is 0 Å². The van der Waals surface area contributed by atoms with Crippen LogP contribution in [0.2, 0.25) is 0 Å². The van der Waals surface area contributed by atoms with E-state index >= 15 is 0 Å². The number of aliphatic imine (C=N–C) groups is 1. The minimum atomic E-state index is -4.51. The van der Waals surface area contributed by atoms with Gasteiger partial charge < -0.3 is 4.90 Å². The number of carbonyl (C=O) groups is 2. The maximum atomic E-state index is 12.8. The molecular weight excluding hydrogens is 337 g/mol. The fourth-order valence-electron chi connectivity index (χ4n) is 1.73. The molecule has 0 spiro atoms. The van der Waals surface area contributed by atoms with E-state index in [0.29, 0.717) is 6.41 Å². The number of rotatable bonds is 4. The van der Waals surface area contributed by atoms with Crippen molar-refractivity contribution < 1.29 is 22.8 Å². The zero-order chi connectivity index (χ0) is 19.2. The minimum absolute atomic E-state index is 0.0300. The highest BCUT2D eigenvalue weighted by atomic mass is 19.4. The summed E-state index contributed by atoms with van der Waals surface area (Å²) < 4.78 is 38.4. The average Bonchev–Trinajstić information content (AvgIpc) is 2.54. The lowest BCUT2D eigenvalue weighted by Gasteiger charge is -2.25. The maximum Gasteiger partial charge on any atom is 0.416 e. The van der Waals surface area contributed by atoms with Crippen LogP contribution in [-0.4, -0.2) is 47.8 Å². The number of halogens is 3. The minimum Gasteiger partial charge on any atom is -0.325 e. The summed E-state index contributed by atoms with van der Waals surface area (Å²) in [6.07, 6.45) is -4.07. The van der Waals surface area contributed by atoms with Gasteiger partial charge in [-0.15, -0.1) is 0 Å². The first-order chi connectivity index (χ1) is 11.6. The number of urea groups is 1. The zero-order valence-electron chi connectivity index (χ0n) is 14.5. The first-order valence-electron chi connectivity index (χ1n) is 7.61. The second-order valence-corrected chi connectivity index (χ2v) is 5.51. The predicted molar refractivity (Wildman–Crippen MR) is 88.4 cm³/mol. The third kappa shape index (κ3) is 5.77. The van der Waals surface area contributed by atoms with E-state index in [0.717, 1.165) is 17.0 Å². The van der Waals surface area contributed by atoms with Gasteiger partial charge >= 0.3 is 12.2 Å². The normalized spacial score (nSPS) is 12.1. The third-order valence-corrected chi connectivity index (χ3v) is 3.46. The number of hydrogen-bond acceptors (Lipinski definition) is 3. The number of nitrogens with one attached hydrogen (secondary N) is 1. The van der Waals surface area contributed by atoms with Crippen molar-refractivity contribution in [1.29, 1.82) is 0 Å². The summed E-state index contributed by atoms with van der Waals surface area (Å²) in [7, 11) is 1.55. The van der Waals surface area contributed by atoms with Gasteiger partial charge in [0.05, 0.1) is 11.3 Å². The Morgan fingerprint density at radius 2 is 2.00 bits per heavy atom. The van der Waals surface area contributed by atoms with Gasteiger partial charge in [-0.05, 0) is 39.0 Å². The van der Waals surface area contributed by atoms with E-state index in [2.05, 4.69) is 10.3 Å². The molecule has 1 aromatic rings. The topological polar surface area (TPSA) is 65.0 Å². The van der Waals surface area contributed by atoms with Gasteiger partial charge in [0.2, 0.25) is 12.4 Å². The molecule has 6 nitrogen and oxygen atoms in total. The smallest absolute Gasteiger partial charge is 0.325 e. The van der Waals surface area contributed by atoms with Crippen LogP contribution in [0.3, 0.4) is 0 Å². The molecule has 0 aliphatic heterocycles. The Balaban J connectivity index is 3.22. The number of hydrogen-bond donors (Lipinski definition) is 1. The Hall–Kier alpha value is -2.58. The van der Waals surface area contributed by atoms with Crippen LogP contribution in [-0.2, 0) is 11.0 Å². The molecule has 1 rings (SSSR count). The van der Waals surface area contributed by atoms with Gasteiger partial charge in [0, 0.05) is 19.6 Å². The SMILES string of the molecule is CCN(C=O)C(=Nc1cccc(C(F)(F)F)c1)NC(=O)N(C)C(C)C. The van der Waals surface area contributed by atoms with Crippen molar-refractivity contribution in [3.05, 3.63) is 29.8 Å². The fourth-order valence-corrected chi connectivity index (χ4v) is 1.73. The molecule has 0 unspecified atom stereocenters. The molecule has 0 saturated carbocycles. The van der Waals surface area contributed by atoms with E-state index in [4.69, 9.17) is 0 Å². The van der Waals surface area contributed by atoms with Gasteiger partial charge in [-0.2, -0.15) is 13.2 Å². The Labute approximate surface area is 144 Å². The fraction of sp³-hybridized carbons (Fsp3) is 0.438. The van der Waals surface area contributed by atoms with Crippen molar-refractivity contribution in [2.24, 2.45) is 4.99 Å². The Kier molecular flexibility index (Phi) is 6.96. The van der Waals surface area contributed by atoms with Crippen LogP contribution >= 0.6 is 0 Å². The Morgan fingerprint density at radius 1 is 1.36 bits per heavy atom. The van der Waals surface area contributed by atoms with Crippen LogP contribution < -0.4 is 5.32 Å². The van der Waals surface area contributed by atoms with Crippen molar-refractivity contribution in [2.45, 2.75) is 33.0 Å². The molecule has 1 N–H and O–H groups in total. The molecule has 0 saturated heterocycles. The molecule has 0 aliphatic carbocycles.